The predicted molar refractivity (Wildman–Crippen MR) is 102 cm³/mol. The Labute approximate surface area is 153 Å². The molecular formula is C20H24N4O2. The lowest BCUT2D eigenvalue weighted by Gasteiger charge is -2.35. The second-order valence-electron chi connectivity index (χ2n) is 6.49. The van der Waals surface area contributed by atoms with Crippen molar-refractivity contribution in [2.45, 2.75) is 13.0 Å². The molecule has 0 spiro atoms. The summed E-state index contributed by atoms with van der Waals surface area (Å²) in [5, 5.41) is 9.88. The van der Waals surface area contributed by atoms with Gasteiger partial charge in [0.05, 0.1) is 5.56 Å². The summed E-state index contributed by atoms with van der Waals surface area (Å²) in [6.45, 7) is 8.20. The molecule has 6 heteroatoms. The van der Waals surface area contributed by atoms with E-state index in [-0.39, 0.29) is 0 Å². The van der Waals surface area contributed by atoms with Crippen LogP contribution in [-0.4, -0.2) is 47.1 Å². The van der Waals surface area contributed by atoms with Crippen molar-refractivity contribution in [2.75, 3.05) is 31.1 Å². The minimum Gasteiger partial charge on any atom is -0.508 e. The highest BCUT2D eigenvalue weighted by Gasteiger charge is 2.18. The number of nitrogens with zero attached hydrogens (tertiary/aromatic N) is 3. The fraction of sp³-hybridized carbons (Fsp3) is 0.300. The lowest BCUT2D eigenvalue weighted by molar-refractivity contribution is 0.1000. The first kappa shape index (κ1) is 17.9. The number of carbonyl (C=O) groups excluding carboxylic acids is 1. The molecule has 0 radical (unpaired) electrons. The second-order valence-corrected chi connectivity index (χ2v) is 6.49. The number of allylic oxidation sites excluding steroid dienone is 1. The molecule has 0 bridgehead atoms. The smallest absolute Gasteiger partial charge is 0.250 e. The third kappa shape index (κ3) is 4.21. The van der Waals surface area contributed by atoms with Gasteiger partial charge in [-0.1, -0.05) is 18.2 Å². The molecule has 1 aromatic carbocycles. The van der Waals surface area contributed by atoms with Gasteiger partial charge >= 0.3 is 0 Å². The molecule has 1 amide bonds. The van der Waals surface area contributed by atoms with Gasteiger partial charge in [0, 0.05) is 38.9 Å². The van der Waals surface area contributed by atoms with Crippen molar-refractivity contribution < 1.29 is 9.90 Å². The van der Waals surface area contributed by atoms with Crippen molar-refractivity contribution in [2.24, 2.45) is 5.73 Å². The minimum absolute atomic E-state index is 0.323. The summed E-state index contributed by atoms with van der Waals surface area (Å²) in [4.78, 5) is 20.1. The van der Waals surface area contributed by atoms with E-state index in [1.54, 1.807) is 18.2 Å². The Kier molecular flexibility index (Phi) is 5.53. The second kappa shape index (κ2) is 8.01. The highest BCUT2D eigenvalue weighted by Crippen LogP contribution is 2.21. The van der Waals surface area contributed by atoms with Crippen LogP contribution in [-0.2, 0) is 13.0 Å². The molecule has 0 atom stereocenters. The largest absolute Gasteiger partial charge is 0.508 e. The monoisotopic (exact) mass is 352 g/mol. The molecule has 2 aromatic rings. The number of carbonyl (C=O) groups is 1. The van der Waals surface area contributed by atoms with Crippen LogP contribution in [0.1, 0.15) is 21.5 Å². The van der Waals surface area contributed by atoms with E-state index in [9.17, 15) is 9.90 Å². The van der Waals surface area contributed by atoms with E-state index in [4.69, 9.17) is 5.73 Å². The Morgan fingerprint density at radius 2 is 2.00 bits per heavy atom. The van der Waals surface area contributed by atoms with Gasteiger partial charge in [-0.15, -0.1) is 6.58 Å². The normalized spacial score (nSPS) is 15.0. The van der Waals surface area contributed by atoms with Gasteiger partial charge in [0.1, 0.15) is 11.6 Å². The summed E-state index contributed by atoms with van der Waals surface area (Å²) in [7, 11) is 0. The summed E-state index contributed by atoms with van der Waals surface area (Å²) in [6, 6.07) is 9.34. The third-order valence-corrected chi connectivity index (χ3v) is 4.64. The number of phenolic OH excluding ortho intramolecular Hbond substituents is 1. The number of benzene rings is 1. The van der Waals surface area contributed by atoms with E-state index in [0.29, 0.717) is 17.7 Å². The van der Waals surface area contributed by atoms with Gasteiger partial charge in [0.25, 0.3) is 0 Å². The number of hydrogen-bond acceptors (Lipinski definition) is 5. The number of hydrogen-bond donors (Lipinski definition) is 2. The Hall–Kier alpha value is -2.86. The number of anilines is 1. The van der Waals surface area contributed by atoms with Crippen molar-refractivity contribution in [3.8, 4) is 5.75 Å². The molecule has 3 N–H and O–H groups in total. The van der Waals surface area contributed by atoms with Crippen LogP contribution in [0.25, 0.3) is 0 Å². The molecule has 1 saturated heterocycles. The molecule has 3 rings (SSSR count). The van der Waals surface area contributed by atoms with Gasteiger partial charge in [-0.05, 0) is 35.7 Å². The quantitative estimate of drug-likeness (QED) is 0.777. The molecular weight excluding hydrogens is 328 g/mol. The molecule has 2 heterocycles. The highest BCUT2D eigenvalue weighted by atomic mass is 16.3. The third-order valence-electron chi connectivity index (χ3n) is 4.64. The average molecular weight is 352 g/mol. The van der Waals surface area contributed by atoms with Gasteiger partial charge in [-0.2, -0.15) is 0 Å². The Balaban J connectivity index is 1.57. The van der Waals surface area contributed by atoms with Crippen LogP contribution in [0, 0.1) is 0 Å². The van der Waals surface area contributed by atoms with Crippen LogP contribution in [0.4, 0.5) is 5.82 Å². The van der Waals surface area contributed by atoms with Crippen LogP contribution in [0.2, 0.25) is 0 Å². The van der Waals surface area contributed by atoms with Crippen LogP contribution in [0.3, 0.4) is 0 Å². The van der Waals surface area contributed by atoms with E-state index in [1.165, 1.54) is 11.8 Å². The number of primary amides is 1. The van der Waals surface area contributed by atoms with Crippen LogP contribution in [0.5, 0.6) is 5.75 Å². The van der Waals surface area contributed by atoms with Crippen LogP contribution < -0.4 is 10.6 Å². The number of nitrogens with two attached hydrogens (primary N) is 1. The molecule has 1 aromatic heterocycles. The number of phenols is 1. The summed E-state index contributed by atoms with van der Waals surface area (Å²) >= 11 is 0. The molecule has 1 aliphatic rings. The average Bonchev–Trinajstić information content (AvgIpc) is 2.65. The fourth-order valence-corrected chi connectivity index (χ4v) is 3.17. The summed E-state index contributed by atoms with van der Waals surface area (Å²) < 4.78 is 0. The molecule has 6 nitrogen and oxygen atoms in total. The highest BCUT2D eigenvalue weighted by molar-refractivity contribution is 5.92. The fourth-order valence-electron chi connectivity index (χ4n) is 3.17. The number of rotatable bonds is 6. The van der Waals surface area contributed by atoms with Gasteiger partial charge in [-0.3, -0.25) is 9.69 Å². The van der Waals surface area contributed by atoms with E-state index < -0.39 is 5.91 Å². The summed E-state index contributed by atoms with van der Waals surface area (Å²) in [6.07, 6.45) is 4.00. The molecule has 26 heavy (non-hydrogen) atoms. The maximum absolute atomic E-state index is 11.1. The first-order valence-corrected chi connectivity index (χ1v) is 8.71. The molecule has 1 fully saturated rings. The molecule has 0 saturated carbocycles. The standard InChI is InChI=1S/C20H24N4O2/c1-2-3-16-12-15(4-6-18(16)25)14-23-8-10-24(11-9-23)19-7-5-17(13-22-19)20(21)26/h2,4-7,12-13,25H,1,3,8-11,14H2,(H2,21,26). The number of pyridine rings is 1. The van der Waals surface area contributed by atoms with Gasteiger partial charge in [0.2, 0.25) is 5.91 Å². The van der Waals surface area contributed by atoms with E-state index in [0.717, 1.165) is 44.1 Å². The number of piperazine rings is 1. The maximum atomic E-state index is 11.1. The van der Waals surface area contributed by atoms with Crippen LogP contribution >= 0.6 is 0 Å². The summed E-state index contributed by atoms with van der Waals surface area (Å²) in [5.41, 5.74) is 7.78. The Morgan fingerprint density at radius 1 is 1.23 bits per heavy atom. The van der Waals surface area contributed by atoms with Gasteiger partial charge in [0.15, 0.2) is 0 Å². The minimum atomic E-state index is -0.460. The topological polar surface area (TPSA) is 82.7 Å². The van der Waals surface area contributed by atoms with Crippen molar-refractivity contribution >= 4 is 11.7 Å². The summed E-state index contributed by atoms with van der Waals surface area (Å²) in [5.74, 6) is 0.732. The van der Waals surface area contributed by atoms with Gasteiger partial charge < -0.3 is 15.7 Å². The van der Waals surface area contributed by atoms with Crippen molar-refractivity contribution in [1.29, 1.82) is 0 Å². The maximum Gasteiger partial charge on any atom is 0.250 e. The number of aromatic nitrogens is 1. The van der Waals surface area contributed by atoms with Crippen molar-refractivity contribution in [1.82, 2.24) is 9.88 Å². The zero-order valence-corrected chi connectivity index (χ0v) is 14.8. The first-order chi connectivity index (χ1) is 12.6. The van der Waals surface area contributed by atoms with Crippen molar-refractivity contribution in [3.05, 3.63) is 65.9 Å². The Morgan fingerprint density at radius 3 is 2.62 bits per heavy atom. The van der Waals surface area contributed by atoms with E-state index >= 15 is 0 Å². The van der Waals surface area contributed by atoms with Gasteiger partial charge in [-0.25, -0.2) is 4.98 Å². The SMILES string of the molecule is C=CCc1cc(CN2CCN(c3ccc(C(N)=O)cn3)CC2)ccc1O. The molecule has 0 aliphatic carbocycles. The van der Waals surface area contributed by atoms with E-state index in [2.05, 4.69) is 21.4 Å². The van der Waals surface area contributed by atoms with Crippen molar-refractivity contribution in [3.63, 3.8) is 0 Å². The molecule has 1 aliphatic heterocycles. The predicted octanol–water partition coefficient (Wildman–Crippen LogP) is 1.94. The van der Waals surface area contributed by atoms with Crippen LogP contribution in [0.15, 0.2) is 49.2 Å². The number of aromatic hydroxyl groups is 1. The first-order valence-electron chi connectivity index (χ1n) is 8.71. The zero-order chi connectivity index (χ0) is 18.5. The Bertz CT molecular complexity index is 781. The zero-order valence-electron chi connectivity index (χ0n) is 14.8. The van der Waals surface area contributed by atoms with E-state index in [1.807, 2.05) is 18.2 Å². The molecule has 0 unspecified atom stereocenters. The molecule has 136 valence electrons. The lowest BCUT2D eigenvalue weighted by Crippen LogP contribution is -2.46. The number of amides is 1. The lowest BCUT2D eigenvalue weighted by atomic mass is 10.1.